The van der Waals surface area contributed by atoms with Gasteiger partial charge in [0, 0.05) is 69.9 Å². The van der Waals surface area contributed by atoms with Gasteiger partial charge in [-0.1, -0.05) is 34.6 Å². The summed E-state index contributed by atoms with van der Waals surface area (Å²) in [6, 6.07) is -2.10. The van der Waals surface area contributed by atoms with E-state index in [-0.39, 0.29) is 51.0 Å². The Morgan fingerprint density at radius 3 is 0.600 bits per heavy atom. The molecular weight excluding hydrogens is 1110 g/mol. The predicted molar refractivity (Wildman–Crippen MR) is 315 cm³/mol. The van der Waals surface area contributed by atoms with Crippen LogP contribution in [0.1, 0.15) is 136 Å². The van der Waals surface area contributed by atoms with E-state index in [2.05, 4.69) is 0 Å². The second kappa shape index (κ2) is 39.6. The van der Waals surface area contributed by atoms with Gasteiger partial charge < -0.3 is 85.4 Å². The molecule has 0 aromatic heterocycles. The molecule has 0 spiro atoms. The van der Waals surface area contributed by atoms with E-state index in [0.29, 0.717) is 19.3 Å². The summed E-state index contributed by atoms with van der Waals surface area (Å²) in [5.74, 6) is -8.06. The molecule has 0 aromatic carbocycles. The highest BCUT2D eigenvalue weighted by atomic mass is 16.3. The average molecular weight is 1220 g/mol. The summed E-state index contributed by atoms with van der Waals surface area (Å²) in [7, 11) is 0. The lowest BCUT2D eigenvalue weighted by Crippen LogP contribution is -2.56. The van der Waals surface area contributed by atoms with Gasteiger partial charge in [-0.2, -0.15) is 0 Å². The Morgan fingerprint density at radius 1 is 0.271 bits per heavy atom. The van der Waals surface area contributed by atoms with Crippen LogP contribution in [0.15, 0.2) is 0 Å². The monoisotopic (exact) mass is 1220 g/mol. The Hall–Kier alpha value is -6.07. The maximum absolute atomic E-state index is 14.4. The van der Waals surface area contributed by atoms with Crippen LogP contribution >= 0.6 is 0 Å². The van der Waals surface area contributed by atoms with Gasteiger partial charge in [0.1, 0.15) is 19.6 Å². The summed E-state index contributed by atoms with van der Waals surface area (Å²) in [6.07, 6.45) is -5.37. The third kappa shape index (κ3) is 29.3. The van der Waals surface area contributed by atoms with Crippen molar-refractivity contribution >= 4 is 65.0 Å². The molecule has 0 aliphatic rings. The molecule has 85 heavy (non-hydrogen) atoms. The van der Waals surface area contributed by atoms with Crippen molar-refractivity contribution in [3.05, 3.63) is 0 Å². The van der Waals surface area contributed by atoms with E-state index in [0.717, 1.165) is 39.2 Å². The van der Waals surface area contributed by atoms with Crippen LogP contribution in [0.25, 0.3) is 0 Å². The maximum Gasteiger partial charge on any atom is 0.242 e. The van der Waals surface area contributed by atoms with Gasteiger partial charge in [-0.15, -0.1) is 0 Å². The first-order valence-corrected chi connectivity index (χ1v) is 29.7. The molecule has 11 amide bonds. The summed E-state index contributed by atoms with van der Waals surface area (Å²) in [4.78, 5) is 162. The first-order valence-electron chi connectivity index (χ1n) is 29.7. The number of aliphatic hydroxyl groups excluding tert-OH is 6. The van der Waals surface area contributed by atoms with Crippen LogP contribution in [0.2, 0.25) is 0 Å². The number of nitrogens with zero attached hydrogens (tertiary/aromatic N) is 10. The van der Waals surface area contributed by atoms with Crippen LogP contribution in [0, 0.1) is 0 Å². The molecule has 0 aliphatic heterocycles. The zero-order valence-corrected chi connectivity index (χ0v) is 53.3. The van der Waals surface area contributed by atoms with Crippen LogP contribution in [0.4, 0.5) is 0 Å². The highest BCUT2D eigenvalue weighted by Crippen LogP contribution is 2.15. The quantitative estimate of drug-likeness (QED) is 0.0337. The van der Waals surface area contributed by atoms with Crippen molar-refractivity contribution in [2.45, 2.75) is 197 Å². The van der Waals surface area contributed by atoms with Crippen molar-refractivity contribution in [1.82, 2.24) is 49.0 Å². The number of hydrogen-bond acceptors (Lipinski definition) is 17. The number of carbonyl (C=O) groups excluding carboxylic acids is 11. The molecular formula is C57H105N11O17. The van der Waals surface area contributed by atoms with Crippen molar-refractivity contribution in [2.75, 3.05) is 105 Å². The van der Waals surface area contributed by atoms with Crippen LogP contribution in [0.5, 0.6) is 0 Å². The third-order valence-corrected chi connectivity index (χ3v) is 14.3. The van der Waals surface area contributed by atoms with E-state index in [1.165, 1.54) is 51.3 Å². The van der Waals surface area contributed by atoms with Crippen LogP contribution in [-0.4, -0.2) is 310 Å². The van der Waals surface area contributed by atoms with Crippen molar-refractivity contribution in [3.63, 3.8) is 0 Å². The lowest BCUT2D eigenvalue weighted by atomic mass is 10.2. The van der Waals surface area contributed by atoms with E-state index in [4.69, 9.17) is 5.73 Å². The van der Waals surface area contributed by atoms with E-state index in [1.807, 2.05) is 6.92 Å². The molecule has 0 bridgehead atoms. The largest absolute Gasteiger partial charge is 0.392 e. The molecule has 0 radical (unpaired) electrons. The second-order valence-electron chi connectivity index (χ2n) is 22.7. The number of primary amides is 1. The minimum atomic E-state index is -1.24. The Morgan fingerprint density at radius 2 is 0.435 bits per heavy atom. The highest BCUT2D eigenvalue weighted by molar-refractivity contribution is 5.94. The topological polar surface area (TPSA) is 368 Å². The molecule has 0 fully saturated rings. The SMILES string of the molecule is CCC(=O)N(CC(=O)N(CC(=O)N(CC(=O)N(CC(=O)N(CC(=O)N(CC(=O)N(CC(=O)N(CC(=O)N(CC(=O)N(CC(N)=O)C(C)CC)CC(C)O)CC(C)O)C(C)CC)CC(C)O)CC(C)O)C(C)CC)CC(C)O)CC(C)O)C(C)CC. The lowest BCUT2D eigenvalue weighted by Gasteiger charge is -2.36. The molecule has 28 nitrogen and oxygen atoms in total. The fourth-order valence-corrected chi connectivity index (χ4v) is 8.94. The zero-order chi connectivity index (χ0) is 65.7. The Labute approximate surface area is 503 Å². The highest BCUT2D eigenvalue weighted by Gasteiger charge is 2.35. The van der Waals surface area contributed by atoms with Crippen molar-refractivity contribution < 1.29 is 83.4 Å². The van der Waals surface area contributed by atoms with Crippen molar-refractivity contribution in [1.29, 1.82) is 0 Å². The smallest absolute Gasteiger partial charge is 0.242 e. The molecule has 0 rings (SSSR count). The minimum Gasteiger partial charge on any atom is -0.392 e. The Bertz CT molecular complexity index is 2170. The second-order valence-corrected chi connectivity index (χ2v) is 22.7. The first kappa shape index (κ1) is 78.9. The lowest BCUT2D eigenvalue weighted by molar-refractivity contribution is -0.151. The van der Waals surface area contributed by atoms with Gasteiger partial charge >= 0.3 is 0 Å². The van der Waals surface area contributed by atoms with Gasteiger partial charge in [0.15, 0.2) is 0 Å². The normalized spacial score (nSPS) is 14.8. The number of rotatable bonds is 41. The van der Waals surface area contributed by atoms with Gasteiger partial charge in [-0.05, 0) is 94.9 Å². The fraction of sp³-hybridized carbons (Fsp3) is 0.807. The number of nitrogens with two attached hydrogens (primary N) is 1. The van der Waals surface area contributed by atoms with E-state index in [9.17, 15) is 83.4 Å². The van der Waals surface area contributed by atoms with Gasteiger partial charge in [0.05, 0.1) is 82.4 Å². The van der Waals surface area contributed by atoms with Crippen LogP contribution < -0.4 is 5.73 Å². The zero-order valence-electron chi connectivity index (χ0n) is 53.3. The number of carbonyl (C=O) groups is 11. The Kier molecular flexibility index (Phi) is 36.8. The molecule has 0 saturated carbocycles. The molecule has 0 heterocycles. The summed E-state index contributed by atoms with van der Waals surface area (Å²) < 4.78 is 0. The standard InChI is InChI=1S/C57H105N11O17/c1-16-37(6)65(27-47(58)75)55(83)31-62(24-44(13)72)49(77)29-60(22-42(11)70)53(81)35-67(39(8)18-3)57(85)33-64(26-46(15)74)51(79)30-61(23-43(12)71)54(82)36-68(40(9)19-4)56(84)32-63(25-45(14)73)50(78)28-59(21-41(10)69)52(80)34-66(38(7)17-2)48(76)20-5/h37-46,69-74H,16-36H2,1-15H3,(H2,58,75). The van der Waals surface area contributed by atoms with Crippen LogP contribution in [-0.2, 0) is 52.7 Å². The molecule has 0 aliphatic carbocycles. The molecule has 8 N–H and O–H groups in total. The number of aliphatic hydroxyl groups is 6. The van der Waals surface area contributed by atoms with Gasteiger partial charge in [-0.3, -0.25) is 52.7 Å². The molecule has 0 saturated heterocycles. The average Bonchev–Trinajstić information content (AvgIpc) is 3.59. The summed E-state index contributed by atoms with van der Waals surface area (Å²) in [6.45, 7) is 15.0. The molecule has 28 heteroatoms. The predicted octanol–water partition coefficient (Wildman–Crippen LogP) is -2.35. The molecule has 10 unspecified atom stereocenters. The van der Waals surface area contributed by atoms with Gasteiger partial charge in [0.25, 0.3) is 0 Å². The number of amides is 11. The molecule has 490 valence electrons. The van der Waals surface area contributed by atoms with E-state index >= 15 is 0 Å². The summed E-state index contributed by atoms with van der Waals surface area (Å²) in [5.41, 5.74) is 5.40. The van der Waals surface area contributed by atoms with Crippen LogP contribution in [0.3, 0.4) is 0 Å². The first-order chi connectivity index (χ1) is 39.5. The molecule has 10 atom stereocenters. The third-order valence-electron chi connectivity index (χ3n) is 14.3. The van der Waals surface area contributed by atoms with Crippen molar-refractivity contribution in [3.8, 4) is 0 Å². The summed E-state index contributed by atoms with van der Waals surface area (Å²) in [5, 5.41) is 62.8. The molecule has 0 aromatic rings. The van der Waals surface area contributed by atoms with Gasteiger partial charge in [0.2, 0.25) is 65.0 Å². The van der Waals surface area contributed by atoms with E-state index in [1.54, 1.807) is 55.4 Å². The maximum atomic E-state index is 14.4. The minimum absolute atomic E-state index is 0.120. The van der Waals surface area contributed by atoms with Crippen molar-refractivity contribution in [2.24, 2.45) is 5.73 Å². The summed E-state index contributed by atoms with van der Waals surface area (Å²) >= 11 is 0. The van der Waals surface area contributed by atoms with E-state index < -0.39 is 192 Å². The Balaban J connectivity index is 6.94. The van der Waals surface area contributed by atoms with Gasteiger partial charge in [-0.25, -0.2) is 0 Å². The number of hydrogen-bond donors (Lipinski definition) is 7. The fourth-order valence-electron chi connectivity index (χ4n) is 8.94.